The predicted octanol–water partition coefficient (Wildman–Crippen LogP) is 8.07. The number of hydrogen-bond acceptors (Lipinski definition) is 7. The van der Waals surface area contributed by atoms with Crippen molar-refractivity contribution in [1.82, 2.24) is 20.2 Å². The fraction of sp³-hybridized carbons (Fsp3) is 0.275. The normalized spacial score (nSPS) is 14.0. The number of hydrogen-bond donors (Lipinski definition) is 2. The number of aromatic nitrogens is 2. The summed E-state index contributed by atoms with van der Waals surface area (Å²) in [5.41, 5.74) is 3.14. The number of aliphatic carboxylic acids is 1. The Balaban J connectivity index is 1.14. The predicted molar refractivity (Wildman–Crippen MR) is 195 cm³/mol. The van der Waals surface area contributed by atoms with E-state index in [0.717, 1.165) is 10.4 Å². The molecule has 0 radical (unpaired) electrons. The van der Waals surface area contributed by atoms with Crippen LogP contribution in [0.1, 0.15) is 46.4 Å². The van der Waals surface area contributed by atoms with Gasteiger partial charge in [-0.05, 0) is 64.9 Å². The maximum absolute atomic E-state index is 15.3. The first kappa shape index (κ1) is 38.1. The molecule has 1 aliphatic rings. The summed E-state index contributed by atoms with van der Waals surface area (Å²) in [6.45, 7) is 7.77. The number of rotatable bonds is 10. The van der Waals surface area contributed by atoms with Gasteiger partial charge in [-0.15, -0.1) is 24.5 Å². The molecular formula is C40H36F4N4O5S. The summed E-state index contributed by atoms with van der Waals surface area (Å²) in [7, 11) is 0. The number of nitrogens with zero attached hydrogens (tertiary/aromatic N) is 3. The maximum Gasteiger partial charge on any atom is 0.573 e. The van der Waals surface area contributed by atoms with Gasteiger partial charge in [-0.25, -0.2) is 14.4 Å². The Morgan fingerprint density at radius 3 is 2.11 bits per heavy atom. The lowest BCUT2D eigenvalue weighted by Gasteiger charge is -2.38. The van der Waals surface area contributed by atoms with Crippen LogP contribution in [0.2, 0.25) is 0 Å². The van der Waals surface area contributed by atoms with E-state index >= 15 is 4.39 Å². The Hall–Kier alpha value is -5.63. The number of benzene rings is 3. The minimum absolute atomic E-state index is 0.0751. The summed E-state index contributed by atoms with van der Waals surface area (Å²) in [5, 5.41) is 12.2. The van der Waals surface area contributed by atoms with Crippen LogP contribution in [0.4, 0.5) is 17.6 Å². The highest BCUT2D eigenvalue weighted by Gasteiger charge is 2.39. The van der Waals surface area contributed by atoms with Gasteiger partial charge in [0, 0.05) is 53.5 Å². The quantitative estimate of drug-likeness (QED) is 0.138. The van der Waals surface area contributed by atoms with Crippen LogP contribution in [0.5, 0.6) is 5.75 Å². The van der Waals surface area contributed by atoms with E-state index in [0.29, 0.717) is 33.0 Å². The number of likely N-dealkylation sites (tertiary alicyclic amines) is 1. The summed E-state index contributed by atoms with van der Waals surface area (Å²) in [5.74, 6) is -2.89. The van der Waals surface area contributed by atoms with Gasteiger partial charge in [-0.3, -0.25) is 14.4 Å². The molecule has 6 rings (SSSR count). The van der Waals surface area contributed by atoms with Gasteiger partial charge in [0.2, 0.25) is 5.91 Å². The number of aryl methyl sites for hydroxylation is 1. The Labute approximate surface area is 312 Å². The molecule has 280 valence electrons. The fourth-order valence-electron chi connectivity index (χ4n) is 5.97. The van der Waals surface area contributed by atoms with Crippen LogP contribution in [0.25, 0.3) is 33.6 Å². The van der Waals surface area contributed by atoms with Gasteiger partial charge in [0.1, 0.15) is 17.6 Å². The highest BCUT2D eigenvalue weighted by Crippen LogP contribution is 2.33. The molecule has 0 unspecified atom stereocenters. The van der Waals surface area contributed by atoms with Crippen LogP contribution >= 0.6 is 11.3 Å². The number of thiophene rings is 1. The molecule has 2 aromatic heterocycles. The minimum Gasteiger partial charge on any atom is -0.481 e. The standard InChI is InChI=1S/C40H36F4N4O5S/c1-22-15-25(10-12-32(22)53-40(42,43)44)26-9-11-29(30(41)17-26)27-18-45-35(46-19-27)24-7-5-23(6-8-24)16-31(37(50)48-20-28(21-48)38(51)52)47-36(49)33-13-14-34(54-33)39(2,3)4/h5-15,17-19,28,31H,16,20-21H2,1-4H3,(H,47,49)(H,51,52)/t31-/m0/s1. The van der Waals surface area contributed by atoms with Crippen molar-refractivity contribution >= 4 is 29.1 Å². The van der Waals surface area contributed by atoms with E-state index in [2.05, 4.69) is 20.0 Å². The second-order valence-corrected chi connectivity index (χ2v) is 15.2. The molecule has 1 fully saturated rings. The average Bonchev–Trinajstić information content (AvgIpc) is 3.60. The Morgan fingerprint density at radius 2 is 1.54 bits per heavy atom. The van der Waals surface area contributed by atoms with E-state index in [-0.39, 0.29) is 53.6 Å². The first-order valence-electron chi connectivity index (χ1n) is 17.0. The van der Waals surface area contributed by atoms with Crippen molar-refractivity contribution in [2.24, 2.45) is 5.92 Å². The Morgan fingerprint density at radius 1 is 0.907 bits per heavy atom. The largest absolute Gasteiger partial charge is 0.573 e. The van der Waals surface area contributed by atoms with Gasteiger partial charge in [0.05, 0.1) is 10.8 Å². The van der Waals surface area contributed by atoms with Gasteiger partial charge < -0.3 is 20.1 Å². The topological polar surface area (TPSA) is 122 Å². The lowest BCUT2D eigenvalue weighted by molar-refractivity contribution is -0.274. The highest BCUT2D eigenvalue weighted by atomic mass is 32.1. The first-order chi connectivity index (χ1) is 25.4. The van der Waals surface area contributed by atoms with E-state index < -0.39 is 30.1 Å². The molecule has 0 saturated carbocycles. The van der Waals surface area contributed by atoms with Gasteiger partial charge in [0.25, 0.3) is 5.91 Å². The molecular weight excluding hydrogens is 725 g/mol. The number of halogens is 4. The summed E-state index contributed by atoms with van der Waals surface area (Å²) >= 11 is 1.36. The van der Waals surface area contributed by atoms with Gasteiger partial charge in [0.15, 0.2) is 5.82 Å². The first-order valence-corrected chi connectivity index (χ1v) is 17.8. The van der Waals surface area contributed by atoms with E-state index in [9.17, 15) is 32.7 Å². The number of carboxylic acid groups (broad SMARTS) is 1. The minimum atomic E-state index is -4.82. The van der Waals surface area contributed by atoms with Crippen molar-refractivity contribution in [3.8, 4) is 39.4 Å². The van der Waals surface area contributed by atoms with Crippen molar-refractivity contribution in [1.29, 1.82) is 0 Å². The number of carboxylic acids is 1. The monoisotopic (exact) mass is 760 g/mol. The fourth-order valence-corrected chi connectivity index (χ4v) is 6.93. The second-order valence-electron chi connectivity index (χ2n) is 14.1. The molecule has 0 spiro atoms. The molecule has 1 atom stereocenters. The molecule has 1 saturated heterocycles. The molecule has 54 heavy (non-hydrogen) atoms. The van der Waals surface area contributed by atoms with E-state index in [1.165, 1.54) is 59.8 Å². The number of carbonyl (C=O) groups is 3. The number of ether oxygens (including phenoxy) is 1. The van der Waals surface area contributed by atoms with Crippen molar-refractivity contribution < 1.29 is 41.8 Å². The molecule has 5 aromatic rings. The lowest BCUT2D eigenvalue weighted by Crippen LogP contribution is -2.59. The molecule has 3 heterocycles. The Kier molecular flexibility index (Phi) is 10.6. The van der Waals surface area contributed by atoms with E-state index in [4.69, 9.17) is 0 Å². The number of alkyl halides is 3. The van der Waals surface area contributed by atoms with Crippen LogP contribution < -0.4 is 10.1 Å². The molecule has 0 aliphatic carbocycles. The molecule has 0 bridgehead atoms. The Bertz CT molecular complexity index is 2190. The SMILES string of the molecule is Cc1cc(-c2ccc(-c3cnc(-c4ccc(C[C@H](NC(=O)c5ccc(C(C)(C)C)s5)C(=O)N5CC(C(=O)O)C5)cc4)nc3)c(F)c2)ccc1OC(F)(F)F. The number of carbonyl (C=O) groups excluding carboxylic acids is 2. The zero-order chi connectivity index (χ0) is 38.9. The molecule has 2 amide bonds. The second kappa shape index (κ2) is 15.0. The van der Waals surface area contributed by atoms with Crippen LogP contribution in [0.3, 0.4) is 0 Å². The summed E-state index contributed by atoms with van der Waals surface area (Å²) in [6, 6.07) is 18.4. The van der Waals surface area contributed by atoms with Crippen molar-refractivity contribution in [2.45, 2.75) is 51.9 Å². The molecule has 14 heteroatoms. The van der Waals surface area contributed by atoms with Gasteiger partial charge in [-0.1, -0.05) is 63.2 Å². The molecule has 1 aliphatic heterocycles. The van der Waals surface area contributed by atoms with Gasteiger partial charge in [-0.2, -0.15) is 0 Å². The van der Waals surface area contributed by atoms with Crippen LogP contribution in [-0.4, -0.2) is 63.3 Å². The van der Waals surface area contributed by atoms with Crippen molar-refractivity contribution in [3.05, 3.63) is 112 Å². The number of amides is 2. The summed E-state index contributed by atoms with van der Waals surface area (Å²) in [4.78, 5) is 49.9. The third kappa shape index (κ3) is 8.76. The van der Waals surface area contributed by atoms with Crippen LogP contribution in [0, 0.1) is 18.7 Å². The van der Waals surface area contributed by atoms with Crippen molar-refractivity contribution in [2.75, 3.05) is 13.1 Å². The lowest BCUT2D eigenvalue weighted by atomic mass is 9.95. The van der Waals surface area contributed by atoms with Crippen LogP contribution in [-0.2, 0) is 21.4 Å². The smallest absolute Gasteiger partial charge is 0.481 e. The third-order valence-corrected chi connectivity index (χ3v) is 10.5. The molecule has 9 nitrogen and oxygen atoms in total. The summed E-state index contributed by atoms with van der Waals surface area (Å²) < 4.78 is 57.3. The van der Waals surface area contributed by atoms with Gasteiger partial charge >= 0.3 is 12.3 Å². The summed E-state index contributed by atoms with van der Waals surface area (Å²) in [6.07, 6.45) is -1.69. The molecule has 2 N–H and O–H groups in total. The average molecular weight is 761 g/mol. The number of nitrogens with one attached hydrogen (secondary N) is 1. The maximum atomic E-state index is 15.3. The highest BCUT2D eigenvalue weighted by molar-refractivity contribution is 7.14. The van der Waals surface area contributed by atoms with E-state index in [1.54, 1.807) is 42.5 Å². The third-order valence-electron chi connectivity index (χ3n) is 9.03. The zero-order valence-electron chi connectivity index (χ0n) is 29.7. The van der Waals surface area contributed by atoms with E-state index in [1.807, 2.05) is 26.8 Å². The van der Waals surface area contributed by atoms with Crippen LogP contribution in [0.15, 0.2) is 85.2 Å². The van der Waals surface area contributed by atoms with Crippen molar-refractivity contribution in [3.63, 3.8) is 0 Å². The zero-order valence-corrected chi connectivity index (χ0v) is 30.5. The molecule has 3 aromatic carbocycles.